The van der Waals surface area contributed by atoms with Crippen LogP contribution in [0.25, 0.3) is 22.5 Å². The van der Waals surface area contributed by atoms with E-state index in [1.807, 2.05) is 12.1 Å². The Kier molecular flexibility index (Phi) is 4.27. The van der Waals surface area contributed by atoms with Gasteiger partial charge in [-0.05, 0) is 42.5 Å². The normalized spacial score (nSPS) is 16.4. The van der Waals surface area contributed by atoms with Crippen LogP contribution in [0.5, 0.6) is 0 Å². The Labute approximate surface area is 164 Å². The Morgan fingerprint density at radius 2 is 1.71 bits per heavy atom. The average Bonchev–Trinajstić information content (AvgIpc) is 3.26. The summed E-state index contributed by atoms with van der Waals surface area (Å²) in [5, 5.41) is 11.0. The molecule has 1 aromatic carbocycles. The van der Waals surface area contributed by atoms with Crippen molar-refractivity contribution in [2.45, 2.75) is 38.5 Å². The molecule has 1 aromatic rings. The van der Waals surface area contributed by atoms with E-state index in [1.165, 1.54) is 23.8 Å². The molecule has 2 heterocycles. The maximum atomic E-state index is 11.9. The quantitative estimate of drug-likeness (QED) is 0.684. The number of aryl methyl sites for hydroxylation is 1. The lowest BCUT2D eigenvalue weighted by Gasteiger charge is -2.23. The molecule has 28 heavy (non-hydrogen) atoms. The topological polar surface area (TPSA) is 53.4 Å². The van der Waals surface area contributed by atoms with E-state index in [1.54, 1.807) is 12.1 Å². The Hall–Kier alpha value is -2.88. The number of carboxylic acid groups (broad SMARTS) is 1. The highest BCUT2D eigenvalue weighted by Crippen LogP contribution is 2.42. The van der Waals surface area contributed by atoms with E-state index in [4.69, 9.17) is 4.42 Å². The molecule has 0 amide bonds. The van der Waals surface area contributed by atoms with Gasteiger partial charge in [-0.15, -0.1) is 0 Å². The van der Waals surface area contributed by atoms with Crippen LogP contribution in [0.1, 0.15) is 47.4 Å². The van der Waals surface area contributed by atoms with Crippen LogP contribution >= 0.6 is 0 Å². The Balaban J connectivity index is 1.83. The van der Waals surface area contributed by atoms with Gasteiger partial charge in [-0.2, -0.15) is 0 Å². The fraction of sp³-hybridized carbons (Fsp3) is 0.333. The number of hydrogen-bond donors (Lipinski definition) is 1. The zero-order valence-electron chi connectivity index (χ0n) is 15.9. The van der Waals surface area contributed by atoms with Gasteiger partial charge in [0.25, 0.3) is 0 Å². The summed E-state index contributed by atoms with van der Waals surface area (Å²) in [6, 6.07) is 13.8. The van der Waals surface area contributed by atoms with Crippen LogP contribution in [-0.2, 0) is 12.8 Å². The molecular weight excluding hydrogens is 350 g/mol. The second kappa shape index (κ2) is 6.93. The summed E-state index contributed by atoms with van der Waals surface area (Å²) in [4.78, 5) is 11.9. The minimum Gasteiger partial charge on any atom is -0.478 e. The summed E-state index contributed by atoms with van der Waals surface area (Å²) in [5.41, 5.74) is 4.38. The monoisotopic (exact) mass is 374 g/mol. The largest absolute Gasteiger partial charge is 0.478 e. The predicted molar refractivity (Wildman–Crippen MR) is 109 cm³/mol. The van der Waals surface area contributed by atoms with Gasteiger partial charge in [0.2, 0.25) is 5.36 Å². The Morgan fingerprint density at radius 3 is 2.54 bits per heavy atom. The van der Waals surface area contributed by atoms with Gasteiger partial charge in [-0.1, -0.05) is 18.2 Å². The Morgan fingerprint density at radius 1 is 0.929 bits per heavy atom. The van der Waals surface area contributed by atoms with Gasteiger partial charge >= 0.3 is 5.97 Å². The van der Waals surface area contributed by atoms with E-state index >= 15 is 0 Å². The molecule has 0 radical (unpaired) electrons. The molecule has 4 nitrogen and oxygen atoms in total. The number of fused-ring (bicyclic) bond motifs is 2. The number of carbonyl (C=O) groups is 1. The predicted octanol–water partition coefficient (Wildman–Crippen LogP) is 4.19. The summed E-state index contributed by atoms with van der Waals surface area (Å²) in [7, 11) is 0. The molecule has 0 atom stereocenters. The first-order chi connectivity index (χ1) is 13.7. The van der Waals surface area contributed by atoms with Crippen molar-refractivity contribution < 1.29 is 14.3 Å². The van der Waals surface area contributed by atoms with Crippen molar-refractivity contribution in [3.8, 4) is 22.5 Å². The van der Waals surface area contributed by atoms with Crippen LogP contribution in [0.3, 0.4) is 0 Å². The van der Waals surface area contributed by atoms with E-state index in [2.05, 4.69) is 22.8 Å². The molecule has 1 fully saturated rings. The molecule has 2 aliphatic carbocycles. The fourth-order valence-corrected chi connectivity index (χ4v) is 4.72. The standard InChI is InChI=1S/C24H23NO3/c26-24(27)18-8-2-1-7-17(18)23-19-9-3-4-10-21(19)28-22-15-16(11-12-20(22)23)25-13-5-6-14-25/h1-2,7-8,11-12,15H,3-6,9-10,13-14H2/p+1. The lowest BCUT2D eigenvalue weighted by Crippen LogP contribution is -2.26. The minimum atomic E-state index is -0.886. The van der Waals surface area contributed by atoms with E-state index in [0.29, 0.717) is 5.56 Å². The van der Waals surface area contributed by atoms with E-state index in [-0.39, 0.29) is 0 Å². The molecule has 1 N–H and O–H groups in total. The van der Waals surface area contributed by atoms with Gasteiger partial charge in [-0.3, -0.25) is 0 Å². The number of aromatic carboxylic acids is 1. The molecule has 142 valence electrons. The van der Waals surface area contributed by atoms with Gasteiger partial charge in [0.05, 0.1) is 11.6 Å². The van der Waals surface area contributed by atoms with Crippen LogP contribution in [0, 0.1) is 0 Å². The summed E-state index contributed by atoms with van der Waals surface area (Å²) in [6.07, 6.45) is 6.55. The first-order valence-electron chi connectivity index (χ1n) is 10.2. The van der Waals surface area contributed by atoms with Crippen LogP contribution < -0.4 is 9.93 Å². The summed E-state index contributed by atoms with van der Waals surface area (Å²) >= 11 is 0. The third-order valence-corrected chi connectivity index (χ3v) is 6.08. The molecule has 4 heteroatoms. The third-order valence-electron chi connectivity index (χ3n) is 6.08. The highest BCUT2D eigenvalue weighted by molar-refractivity contribution is 5.99. The highest BCUT2D eigenvalue weighted by atomic mass is 16.4. The molecule has 4 aliphatic rings. The molecule has 1 saturated heterocycles. The number of benzene rings is 2. The molecule has 5 rings (SSSR count). The van der Waals surface area contributed by atoms with Crippen LogP contribution in [0.4, 0.5) is 0 Å². The second-order valence-electron chi connectivity index (χ2n) is 7.81. The van der Waals surface area contributed by atoms with Crippen molar-refractivity contribution in [1.82, 2.24) is 4.58 Å². The average molecular weight is 374 g/mol. The molecule has 0 aromatic heterocycles. The van der Waals surface area contributed by atoms with Gasteiger partial charge in [0, 0.05) is 36.5 Å². The van der Waals surface area contributed by atoms with Gasteiger partial charge in [-0.25, -0.2) is 9.37 Å². The van der Waals surface area contributed by atoms with Gasteiger partial charge in [0.15, 0.2) is 0 Å². The maximum absolute atomic E-state index is 11.9. The number of nitrogens with zero attached hydrogens (tertiary/aromatic N) is 1. The number of carboxylic acids is 1. The number of hydrogen-bond acceptors (Lipinski definition) is 2. The molecule has 0 unspecified atom stereocenters. The number of rotatable bonds is 2. The van der Waals surface area contributed by atoms with E-state index in [9.17, 15) is 9.90 Å². The molecule has 0 saturated carbocycles. The van der Waals surface area contributed by atoms with Crippen molar-refractivity contribution in [2.24, 2.45) is 0 Å². The van der Waals surface area contributed by atoms with Crippen LogP contribution in [-0.4, -0.2) is 24.2 Å². The molecular formula is C24H24NO3+. The Bertz CT molecular complexity index is 1100. The van der Waals surface area contributed by atoms with E-state index < -0.39 is 5.97 Å². The fourth-order valence-electron chi connectivity index (χ4n) is 4.72. The summed E-state index contributed by atoms with van der Waals surface area (Å²) in [6.45, 7) is 2.18. The van der Waals surface area contributed by atoms with Gasteiger partial charge in [0.1, 0.15) is 24.6 Å². The second-order valence-corrected chi connectivity index (χ2v) is 7.81. The van der Waals surface area contributed by atoms with E-state index in [0.717, 1.165) is 67.0 Å². The molecule has 0 bridgehead atoms. The van der Waals surface area contributed by atoms with Gasteiger partial charge < -0.3 is 9.52 Å². The SMILES string of the molecule is O=C(O)c1ccccc1-c1c2ccc(=[N+]3CCCC3)cc-2oc2c1CCCC2. The first-order valence-corrected chi connectivity index (χ1v) is 10.2. The van der Waals surface area contributed by atoms with Crippen molar-refractivity contribution in [2.75, 3.05) is 13.1 Å². The maximum Gasteiger partial charge on any atom is 0.336 e. The zero-order valence-corrected chi connectivity index (χ0v) is 15.9. The highest BCUT2D eigenvalue weighted by Gasteiger charge is 2.26. The van der Waals surface area contributed by atoms with Crippen molar-refractivity contribution >= 4 is 5.97 Å². The first kappa shape index (κ1) is 17.2. The molecule has 0 spiro atoms. The third kappa shape index (κ3) is 2.84. The summed E-state index contributed by atoms with van der Waals surface area (Å²) < 4.78 is 8.77. The lowest BCUT2D eigenvalue weighted by atomic mass is 9.84. The van der Waals surface area contributed by atoms with Crippen molar-refractivity contribution in [3.05, 3.63) is 64.7 Å². The zero-order chi connectivity index (χ0) is 19.1. The molecule has 2 aliphatic heterocycles. The summed E-state index contributed by atoms with van der Waals surface area (Å²) in [5.74, 6) is 0.996. The smallest absolute Gasteiger partial charge is 0.336 e. The minimum absolute atomic E-state index is 0.353. The van der Waals surface area contributed by atoms with Crippen molar-refractivity contribution in [1.29, 1.82) is 0 Å². The van der Waals surface area contributed by atoms with Crippen LogP contribution in [0.2, 0.25) is 0 Å². The van der Waals surface area contributed by atoms with Crippen LogP contribution in [0.15, 0.2) is 46.9 Å². The lowest BCUT2D eigenvalue weighted by molar-refractivity contribution is 0.0697. The van der Waals surface area contributed by atoms with Crippen molar-refractivity contribution in [3.63, 3.8) is 0 Å².